The number of carbonyl (C=O) groups is 2. The van der Waals surface area contributed by atoms with Crippen molar-refractivity contribution in [2.45, 2.75) is 44.3 Å². The van der Waals surface area contributed by atoms with Crippen LogP contribution in [0.25, 0.3) is 0 Å². The Balaban J connectivity index is 1.74. The Morgan fingerprint density at radius 3 is 2.94 bits per heavy atom. The Hall–Kier alpha value is -1.10. The molecule has 0 aromatic rings. The van der Waals surface area contributed by atoms with E-state index in [4.69, 9.17) is 0 Å². The molecule has 2 amide bonds. The molecule has 3 saturated heterocycles. The number of amides is 2. The molecule has 0 spiro atoms. The van der Waals surface area contributed by atoms with Crippen molar-refractivity contribution >= 4 is 11.8 Å². The van der Waals surface area contributed by atoms with Crippen LogP contribution in [0.4, 0.5) is 0 Å². The summed E-state index contributed by atoms with van der Waals surface area (Å²) in [6.45, 7) is 4.05. The highest BCUT2D eigenvalue weighted by Gasteiger charge is 2.46. The van der Waals surface area contributed by atoms with E-state index < -0.39 is 0 Å². The summed E-state index contributed by atoms with van der Waals surface area (Å²) in [5, 5.41) is 6.13. The van der Waals surface area contributed by atoms with Gasteiger partial charge in [0.25, 0.3) is 0 Å². The topological polar surface area (TPSA) is 61.4 Å². The van der Waals surface area contributed by atoms with Crippen molar-refractivity contribution in [3.63, 3.8) is 0 Å². The first-order chi connectivity index (χ1) is 8.16. The SMILES string of the molecule is CC1CC2CNCC2N1C(=O)C1CCC(=O)N1. The van der Waals surface area contributed by atoms with E-state index in [0.29, 0.717) is 30.8 Å². The maximum atomic E-state index is 12.4. The molecule has 0 aliphatic carbocycles. The van der Waals surface area contributed by atoms with E-state index in [1.807, 2.05) is 4.90 Å². The lowest BCUT2D eigenvalue weighted by atomic mass is 10.0. The van der Waals surface area contributed by atoms with Gasteiger partial charge in [-0.25, -0.2) is 0 Å². The second kappa shape index (κ2) is 3.98. The van der Waals surface area contributed by atoms with Crippen LogP contribution in [0.1, 0.15) is 26.2 Å². The lowest BCUT2D eigenvalue weighted by Crippen LogP contribution is -2.50. The molecule has 17 heavy (non-hydrogen) atoms. The molecule has 94 valence electrons. The molecule has 3 aliphatic heterocycles. The Kier molecular flexibility index (Phi) is 2.58. The van der Waals surface area contributed by atoms with Gasteiger partial charge in [0.15, 0.2) is 0 Å². The molecule has 0 aromatic heterocycles. The third kappa shape index (κ3) is 1.73. The van der Waals surface area contributed by atoms with Gasteiger partial charge in [-0.2, -0.15) is 0 Å². The van der Waals surface area contributed by atoms with Crippen LogP contribution in [0.2, 0.25) is 0 Å². The van der Waals surface area contributed by atoms with Crippen molar-refractivity contribution in [3.8, 4) is 0 Å². The zero-order valence-corrected chi connectivity index (χ0v) is 10.1. The van der Waals surface area contributed by atoms with Crippen LogP contribution in [-0.4, -0.2) is 47.9 Å². The van der Waals surface area contributed by atoms with Gasteiger partial charge < -0.3 is 15.5 Å². The molecule has 5 heteroatoms. The Bertz CT molecular complexity index is 358. The van der Waals surface area contributed by atoms with Crippen molar-refractivity contribution < 1.29 is 9.59 Å². The van der Waals surface area contributed by atoms with Gasteiger partial charge in [-0.15, -0.1) is 0 Å². The minimum absolute atomic E-state index is 0.0105. The number of carbonyl (C=O) groups excluding carboxylic acids is 2. The Morgan fingerprint density at radius 1 is 1.41 bits per heavy atom. The second-order valence-corrected chi connectivity index (χ2v) is 5.47. The molecule has 3 aliphatic rings. The lowest BCUT2D eigenvalue weighted by Gasteiger charge is -2.30. The lowest BCUT2D eigenvalue weighted by molar-refractivity contribution is -0.136. The highest BCUT2D eigenvalue weighted by molar-refractivity contribution is 5.91. The van der Waals surface area contributed by atoms with Crippen LogP contribution < -0.4 is 10.6 Å². The third-order valence-electron chi connectivity index (χ3n) is 4.33. The minimum Gasteiger partial charge on any atom is -0.344 e. The van der Waals surface area contributed by atoms with Crippen molar-refractivity contribution in [3.05, 3.63) is 0 Å². The van der Waals surface area contributed by atoms with Crippen LogP contribution in [0.5, 0.6) is 0 Å². The molecular formula is C12H19N3O2. The van der Waals surface area contributed by atoms with E-state index >= 15 is 0 Å². The van der Waals surface area contributed by atoms with E-state index in [-0.39, 0.29) is 17.9 Å². The summed E-state index contributed by atoms with van der Waals surface area (Å²) in [6.07, 6.45) is 2.24. The first-order valence-corrected chi connectivity index (χ1v) is 6.49. The predicted octanol–water partition coefficient (Wildman–Crippen LogP) is -0.526. The average molecular weight is 237 g/mol. The minimum atomic E-state index is -0.274. The number of fused-ring (bicyclic) bond motifs is 1. The summed E-state index contributed by atoms with van der Waals surface area (Å²) in [6, 6.07) is 0.386. The molecular weight excluding hydrogens is 218 g/mol. The fraction of sp³-hybridized carbons (Fsp3) is 0.833. The number of likely N-dealkylation sites (tertiary alicyclic amines) is 1. The molecule has 5 nitrogen and oxygen atoms in total. The summed E-state index contributed by atoms with van der Waals surface area (Å²) in [5.41, 5.74) is 0. The first kappa shape index (κ1) is 11.0. The summed E-state index contributed by atoms with van der Waals surface area (Å²) in [5.74, 6) is 0.738. The molecule has 0 bridgehead atoms. The number of nitrogens with one attached hydrogen (secondary N) is 2. The number of hydrogen-bond donors (Lipinski definition) is 2. The quantitative estimate of drug-likeness (QED) is 0.645. The van der Waals surface area contributed by atoms with Gasteiger partial charge in [0, 0.05) is 31.6 Å². The highest BCUT2D eigenvalue weighted by atomic mass is 16.2. The molecule has 2 N–H and O–H groups in total. The van der Waals surface area contributed by atoms with E-state index in [0.717, 1.165) is 19.5 Å². The van der Waals surface area contributed by atoms with Crippen molar-refractivity contribution in [1.29, 1.82) is 0 Å². The van der Waals surface area contributed by atoms with E-state index in [1.165, 1.54) is 0 Å². The Labute approximate surface area is 101 Å². The molecule has 3 heterocycles. The van der Waals surface area contributed by atoms with Crippen LogP contribution in [-0.2, 0) is 9.59 Å². The maximum Gasteiger partial charge on any atom is 0.245 e. The molecule has 0 radical (unpaired) electrons. The molecule has 3 fully saturated rings. The normalized spacial score (nSPS) is 40.5. The zero-order chi connectivity index (χ0) is 12.0. The first-order valence-electron chi connectivity index (χ1n) is 6.49. The third-order valence-corrected chi connectivity index (χ3v) is 4.33. The van der Waals surface area contributed by atoms with Gasteiger partial charge in [-0.1, -0.05) is 0 Å². The van der Waals surface area contributed by atoms with Crippen LogP contribution >= 0.6 is 0 Å². The molecule has 0 saturated carbocycles. The van der Waals surface area contributed by atoms with Gasteiger partial charge in [0.05, 0.1) is 0 Å². The summed E-state index contributed by atoms with van der Waals surface area (Å²) in [4.78, 5) is 25.6. The largest absolute Gasteiger partial charge is 0.344 e. The average Bonchev–Trinajstić information content (AvgIpc) is 2.92. The summed E-state index contributed by atoms with van der Waals surface area (Å²) >= 11 is 0. The number of rotatable bonds is 1. The maximum absolute atomic E-state index is 12.4. The van der Waals surface area contributed by atoms with Crippen molar-refractivity contribution in [2.75, 3.05) is 13.1 Å². The van der Waals surface area contributed by atoms with Crippen molar-refractivity contribution in [1.82, 2.24) is 15.5 Å². The Morgan fingerprint density at radius 2 is 2.24 bits per heavy atom. The summed E-state index contributed by atoms with van der Waals surface area (Å²) < 4.78 is 0. The van der Waals surface area contributed by atoms with Crippen LogP contribution in [0, 0.1) is 5.92 Å². The van der Waals surface area contributed by atoms with E-state index in [1.54, 1.807) is 0 Å². The fourth-order valence-corrected chi connectivity index (χ4v) is 3.52. The van der Waals surface area contributed by atoms with E-state index in [2.05, 4.69) is 17.6 Å². The van der Waals surface area contributed by atoms with E-state index in [9.17, 15) is 9.59 Å². The smallest absolute Gasteiger partial charge is 0.245 e. The van der Waals surface area contributed by atoms with Crippen molar-refractivity contribution in [2.24, 2.45) is 5.92 Å². The standard InChI is InChI=1S/C12H19N3O2/c1-7-4-8-5-13-6-10(8)15(7)12(17)9-2-3-11(16)14-9/h7-10,13H,2-6H2,1H3,(H,14,16). The molecule has 0 aromatic carbocycles. The summed E-state index contributed by atoms with van der Waals surface area (Å²) in [7, 11) is 0. The number of nitrogens with zero attached hydrogens (tertiary/aromatic N) is 1. The van der Waals surface area contributed by atoms with Crippen LogP contribution in [0.3, 0.4) is 0 Å². The second-order valence-electron chi connectivity index (χ2n) is 5.47. The molecule has 4 atom stereocenters. The van der Waals surface area contributed by atoms with Gasteiger partial charge >= 0.3 is 0 Å². The van der Waals surface area contributed by atoms with Gasteiger partial charge in [0.2, 0.25) is 11.8 Å². The molecule has 3 rings (SSSR count). The van der Waals surface area contributed by atoms with Crippen LogP contribution in [0.15, 0.2) is 0 Å². The number of hydrogen-bond acceptors (Lipinski definition) is 3. The highest BCUT2D eigenvalue weighted by Crippen LogP contribution is 2.33. The van der Waals surface area contributed by atoms with Gasteiger partial charge in [0.1, 0.15) is 6.04 Å². The zero-order valence-electron chi connectivity index (χ0n) is 10.1. The predicted molar refractivity (Wildman–Crippen MR) is 62.2 cm³/mol. The monoisotopic (exact) mass is 237 g/mol. The molecule has 4 unspecified atom stereocenters. The van der Waals surface area contributed by atoms with Gasteiger partial charge in [-0.3, -0.25) is 9.59 Å². The van der Waals surface area contributed by atoms with Gasteiger partial charge in [-0.05, 0) is 25.7 Å². The fourth-order valence-electron chi connectivity index (χ4n) is 3.52.